The normalized spacial score (nSPS) is 16.4. The van der Waals surface area contributed by atoms with Gasteiger partial charge >= 0.3 is 0 Å². The summed E-state index contributed by atoms with van der Waals surface area (Å²) in [5.74, 6) is 7.77. The Balaban J connectivity index is 1.93. The number of hydrogen-bond acceptors (Lipinski definition) is 5. The number of nitrogens with one attached hydrogen (secondary N) is 1. The highest BCUT2D eigenvalue weighted by Gasteiger charge is 2.17. The van der Waals surface area contributed by atoms with Gasteiger partial charge in [0.1, 0.15) is 11.6 Å². The van der Waals surface area contributed by atoms with Crippen molar-refractivity contribution < 1.29 is 0 Å². The summed E-state index contributed by atoms with van der Waals surface area (Å²) in [4.78, 5) is 11.1. The molecule has 2 rings (SSSR count). The van der Waals surface area contributed by atoms with Crippen LogP contribution in [0.15, 0.2) is 6.07 Å². The van der Waals surface area contributed by atoms with Gasteiger partial charge in [0.05, 0.1) is 6.54 Å². The highest BCUT2D eigenvalue weighted by molar-refractivity contribution is 5.33. The average molecular weight is 249 g/mol. The van der Waals surface area contributed by atoms with Crippen molar-refractivity contribution in [2.45, 2.75) is 39.2 Å². The van der Waals surface area contributed by atoms with Gasteiger partial charge in [-0.1, -0.05) is 12.8 Å². The standard InChI is InChI=1S/C13H23N5/c1-10-7-12(17-14)16-13(15-10)9-18(2)8-11-5-3-4-6-11/h7,11H,3-6,8-9,14H2,1-2H3,(H,15,16,17). The maximum Gasteiger partial charge on any atom is 0.144 e. The largest absolute Gasteiger partial charge is 0.308 e. The van der Waals surface area contributed by atoms with E-state index in [0.29, 0.717) is 5.82 Å². The van der Waals surface area contributed by atoms with Gasteiger partial charge in [0.15, 0.2) is 0 Å². The zero-order valence-corrected chi connectivity index (χ0v) is 11.3. The number of hydrogen-bond donors (Lipinski definition) is 2. The van der Waals surface area contributed by atoms with Gasteiger partial charge in [-0.2, -0.15) is 0 Å². The summed E-state index contributed by atoms with van der Waals surface area (Å²) in [6.07, 6.45) is 5.52. The molecule has 3 N–H and O–H groups in total. The molecule has 1 aliphatic rings. The predicted octanol–water partition coefficient (Wildman–Crippen LogP) is 1.69. The van der Waals surface area contributed by atoms with E-state index in [2.05, 4.69) is 27.3 Å². The summed E-state index contributed by atoms with van der Waals surface area (Å²) < 4.78 is 0. The summed E-state index contributed by atoms with van der Waals surface area (Å²) in [5, 5.41) is 0. The molecule has 1 heterocycles. The lowest BCUT2D eigenvalue weighted by atomic mass is 10.1. The Kier molecular flexibility index (Phi) is 4.49. The Morgan fingerprint density at radius 1 is 1.39 bits per heavy atom. The van der Waals surface area contributed by atoms with E-state index in [1.54, 1.807) is 0 Å². The van der Waals surface area contributed by atoms with Crippen molar-refractivity contribution in [1.29, 1.82) is 0 Å². The van der Waals surface area contributed by atoms with E-state index in [1.165, 1.54) is 25.7 Å². The molecule has 18 heavy (non-hydrogen) atoms. The Morgan fingerprint density at radius 2 is 2.11 bits per heavy atom. The molecule has 1 aromatic rings. The van der Waals surface area contributed by atoms with E-state index >= 15 is 0 Å². The van der Waals surface area contributed by atoms with Gasteiger partial charge in [-0.15, -0.1) is 0 Å². The fourth-order valence-corrected chi connectivity index (χ4v) is 2.71. The van der Waals surface area contributed by atoms with E-state index < -0.39 is 0 Å². The lowest BCUT2D eigenvalue weighted by Crippen LogP contribution is -2.25. The zero-order chi connectivity index (χ0) is 13.0. The van der Waals surface area contributed by atoms with Crippen LogP contribution in [-0.2, 0) is 6.54 Å². The van der Waals surface area contributed by atoms with Crippen LogP contribution < -0.4 is 11.3 Å². The molecule has 1 saturated carbocycles. The summed E-state index contributed by atoms with van der Waals surface area (Å²) in [7, 11) is 2.14. The number of nitrogens with zero attached hydrogens (tertiary/aromatic N) is 3. The van der Waals surface area contributed by atoms with Crippen LogP contribution in [0.5, 0.6) is 0 Å². The minimum Gasteiger partial charge on any atom is -0.308 e. The molecule has 0 aromatic carbocycles. The monoisotopic (exact) mass is 249 g/mol. The first-order chi connectivity index (χ1) is 8.67. The van der Waals surface area contributed by atoms with E-state index in [9.17, 15) is 0 Å². The van der Waals surface area contributed by atoms with Gasteiger partial charge < -0.3 is 5.43 Å². The number of nitrogen functional groups attached to an aromatic ring is 1. The minimum atomic E-state index is 0.687. The van der Waals surface area contributed by atoms with Crippen LogP contribution in [0.3, 0.4) is 0 Å². The predicted molar refractivity (Wildman–Crippen MR) is 72.9 cm³/mol. The molecule has 5 heteroatoms. The van der Waals surface area contributed by atoms with Crippen LogP contribution in [0.1, 0.15) is 37.2 Å². The molecule has 0 bridgehead atoms. The Hall–Kier alpha value is -1.20. The van der Waals surface area contributed by atoms with Gasteiger partial charge in [0.25, 0.3) is 0 Å². The minimum absolute atomic E-state index is 0.687. The fourth-order valence-electron chi connectivity index (χ4n) is 2.71. The van der Waals surface area contributed by atoms with Crippen LogP contribution in [0, 0.1) is 12.8 Å². The number of anilines is 1. The first-order valence-corrected chi connectivity index (χ1v) is 6.67. The molecule has 100 valence electrons. The number of rotatable bonds is 5. The highest BCUT2D eigenvalue weighted by Crippen LogP contribution is 2.25. The Labute approximate surface area is 109 Å². The van der Waals surface area contributed by atoms with Gasteiger partial charge in [0.2, 0.25) is 0 Å². The zero-order valence-electron chi connectivity index (χ0n) is 11.3. The smallest absolute Gasteiger partial charge is 0.144 e. The molecule has 0 unspecified atom stereocenters. The summed E-state index contributed by atoms with van der Waals surface area (Å²) in [6, 6.07) is 1.85. The Bertz CT molecular complexity index is 387. The molecule has 0 spiro atoms. The van der Waals surface area contributed by atoms with Crippen molar-refractivity contribution >= 4 is 5.82 Å². The highest BCUT2D eigenvalue weighted by atomic mass is 15.3. The molecular formula is C13H23N5. The van der Waals surface area contributed by atoms with Gasteiger partial charge in [-0.05, 0) is 32.7 Å². The lowest BCUT2D eigenvalue weighted by molar-refractivity contribution is 0.265. The van der Waals surface area contributed by atoms with Crippen molar-refractivity contribution in [3.05, 3.63) is 17.6 Å². The quantitative estimate of drug-likeness (QED) is 0.614. The number of nitrogens with two attached hydrogens (primary N) is 1. The molecule has 5 nitrogen and oxygen atoms in total. The topological polar surface area (TPSA) is 67.1 Å². The Morgan fingerprint density at radius 3 is 2.78 bits per heavy atom. The molecule has 0 atom stereocenters. The molecule has 0 saturated heterocycles. The van der Waals surface area contributed by atoms with Gasteiger partial charge in [-0.3, -0.25) is 4.90 Å². The SMILES string of the molecule is Cc1cc(NN)nc(CN(C)CC2CCCC2)n1. The summed E-state index contributed by atoms with van der Waals surface area (Å²) in [5.41, 5.74) is 3.53. The summed E-state index contributed by atoms with van der Waals surface area (Å²) in [6.45, 7) is 3.89. The number of hydrazine groups is 1. The first-order valence-electron chi connectivity index (χ1n) is 6.67. The van der Waals surface area contributed by atoms with E-state index in [4.69, 9.17) is 5.84 Å². The van der Waals surface area contributed by atoms with Crippen LogP contribution in [0.4, 0.5) is 5.82 Å². The van der Waals surface area contributed by atoms with Gasteiger partial charge in [-0.25, -0.2) is 15.8 Å². The lowest BCUT2D eigenvalue weighted by Gasteiger charge is -2.20. The van der Waals surface area contributed by atoms with Crippen molar-refractivity contribution in [2.75, 3.05) is 19.0 Å². The molecule has 1 aromatic heterocycles. The van der Waals surface area contributed by atoms with Crippen molar-refractivity contribution in [3.8, 4) is 0 Å². The van der Waals surface area contributed by atoms with Crippen LogP contribution >= 0.6 is 0 Å². The van der Waals surface area contributed by atoms with E-state index in [1.807, 2.05) is 13.0 Å². The van der Waals surface area contributed by atoms with Crippen molar-refractivity contribution in [3.63, 3.8) is 0 Å². The summed E-state index contributed by atoms with van der Waals surface area (Å²) >= 11 is 0. The second-order valence-electron chi connectivity index (χ2n) is 5.30. The van der Waals surface area contributed by atoms with Crippen molar-refractivity contribution in [2.24, 2.45) is 11.8 Å². The van der Waals surface area contributed by atoms with E-state index in [-0.39, 0.29) is 0 Å². The molecule has 1 aliphatic carbocycles. The third-order valence-corrected chi connectivity index (χ3v) is 3.50. The van der Waals surface area contributed by atoms with E-state index in [0.717, 1.165) is 30.5 Å². The molecule has 0 amide bonds. The molecule has 0 aliphatic heterocycles. The maximum atomic E-state index is 5.40. The molecule has 0 radical (unpaired) electrons. The number of aryl methyl sites for hydroxylation is 1. The third-order valence-electron chi connectivity index (χ3n) is 3.50. The van der Waals surface area contributed by atoms with Crippen molar-refractivity contribution in [1.82, 2.24) is 14.9 Å². The second-order valence-corrected chi connectivity index (χ2v) is 5.30. The van der Waals surface area contributed by atoms with Crippen LogP contribution in [-0.4, -0.2) is 28.5 Å². The second kappa shape index (κ2) is 6.11. The van der Waals surface area contributed by atoms with Crippen LogP contribution in [0.2, 0.25) is 0 Å². The maximum absolute atomic E-state index is 5.40. The third kappa shape index (κ3) is 3.65. The average Bonchev–Trinajstić information content (AvgIpc) is 2.80. The first kappa shape index (κ1) is 13.2. The van der Waals surface area contributed by atoms with Crippen LogP contribution in [0.25, 0.3) is 0 Å². The molecular weight excluding hydrogens is 226 g/mol. The number of aromatic nitrogens is 2. The van der Waals surface area contributed by atoms with Gasteiger partial charge in [0, 0.05) is 18.3 Å². The fraction of sp³-hybridized carbons (Fsp3) is 0.692. The molecule has 1 fully saturated rings.